The number of primary amides is 1. The molecule has 4 N–H and O–H groups in total. The number of nitrogens with two attached hydrogens (primary N) is 2. The van der Waals surface area contributed by atoms with Gasteiger partial charge in [0.2, 0.25) is 17.8 Å². The van der Waals surface area contributed by atoms with Crippen molar-refractivity contribution in [3.8, 4) is 0 Å². The fourth-order valence-corrected chi connectivity index (χ4v) is 1.90. The van der Waals surface area contributed by atoms with E-state index in [9.17, 15) is 4.79 Å². The molecule has 1 aliphatic rings. The van der Waals surface area contributed by atoms with Crippen molar-refractivity contribution in [2.24, 2.45) is 5.73 Å². The third-order valence-corrected chi connectivity index (χ3v) is 2.66. The van der Waals surface area contributed by atoms with Gasteiger partial charge in [0.05, 0.1) is 6.42 Å². The Balaban J connectivity index is 2.20. The van der Waals surface area contributed by atoms with Crippen molar-refractivity contribution in [3.63, 3.8) is 0 Å². The van der Waals surface area contributed by atoms with Crippen LogP contribution >= 0.6 is 0 Å². The van der Waals surface area contributed by atoms with E-state index in [2.05, 4.69) is 19.9 Å². The molecule has 0 radical (unpaired) electrons. The van der Waals surface area contributed by atoms with E-state index in [1.54, 1.807) is 0 Å². The summed E-state index contributed by atoms with van der Waals surface area (Å²) in [5, 5.41) is 0. The Morgan fingerprint density at radius 1 is 1.18 bits per heavy atom. The van der Waals surface area contributed by atoms with Crippen LogP contribution in [0.3, 0.4) is 0 Å². The number of nitrogens with zero attached hydrogens (tertiary/aromatic N) is 4. The molecule has 92 valence electrons. The molecule has 2 heterocycles. The van der Waals surface area contributed by atoms with Crippen molar-refractivity contribution in [2.75, 3.05) is 23.7 Å². The van der Waals surface area contributed by atoms with E-state index in [1.807, 2.05) is 0 Å². The van der Waals surface area contributed by atoms with Crippen LogP contribution in [0.25, 0.3) is 0 Å². The second-order valence-corrected chi connectivity index (χ2v) is 4.10. The Hall–Kier alpha value is -1.92. The zero-order valence-electron chi connectivity index (χ0n) is 9.59. The van der Waals surface area contributed by atoms with Crippen molar-refractivity contribution in [2.45, 2.75) is 25.7 Å². The van der Waals surface area contributed by atoms with Gasteiger partial charge in [0.25, 0.3) is 0 Å². The van der Waals surface area contributed by atoms with Gasteiger partial charge in [-0.05, 0) is 19.3 Å². The molecule has 0 bridgehead atoms. The highest BCUT2D eigenvalue weighted by atomic mass is 16.1. The molecule has 0 spiro atoms. The van der Waals surface area contributed by atoms with Crippen LogP contribution in [0.1, 0.15) is 25.1 Å². The van der Waals surface area contributed by atoms with Crippen LogP contribution in [0.5, 0.6) is 0 Å². The standard InChI is InChI=1S/C10H16N6O/c11-7(17)6-8-13-9(12)15-10(14-8)16-4-2-1-3-5-16/h1-6H2,(H2,11,17)(H2,12,13,14,15). The lowest BCUT2D eigenvalue weighted by molar-refractivity contribution is -0.117. The quantitative estimate of drug-likeness (QED) is 0.730. The number of nitrogen functional groups attached to an aromatic ring is 1. The van der Waals surface area contributed by atoms with Crippen LogP contribution < -0.4 is 16.4 Å². The average molecular weight is 236 g/mol. The molecule has 1 aromatic rings. The van der Waals surface area contributed by atoms with Gasteiger partial charge in [0.15, 0.2) is 0 Å². The normalized spacial score (nSPS) is 15.9. The minimum absolute atomic E-state index is 0.00639. The number of aromatic nitrogens is 3. The highest BCUT2D eigenvalue weighted by Gasteiger charge is 2.15. The average Bonchev–Trinajstić information content (AvgIpc) is 2.28. The van der Waals surface area contributed by atoms with Crippen LogP contribution in [0.4, 0.5) is 11.9 Å². The first kappa shape index (κ1) is 11.6. The molecule has 1 amide bonds. The van der Waals surface area contributed by atoms with Gasteiger partial charge in [-0.1, -0.05) is 0 Å². The number of piperidine rings is 1. The minimum Gasteiger partial charge on any atom is -0.369 e. The third-order valence-electron chi connectivity index (χ3n) is 2.66. The summed E-state index contributed by atoms with van der Waals surface area (Å²) in [6.45, 7) is 1.83. The van der Waals surface area contributed by atoms with E-state index in [4.69, 9.17) is 11.5 Å². The Labute approximate surface area is 99.2 Å². The van der Waals surface area contributed by atoms with Crippen LogP contribution in [0.2, 0.25) is 0 Å². The molecule has 0 atom stereocenters. The van der Waals surface area contributed by atoms with E-state index in [-0.39, 0.29) is 12.4 Å². The van der Waals surface area contributed by atoms with E-state index in [0.29, 0.717) is 11.8 Å². The van der Waals surface area contributed by atoms with Gasteiger partial charge in [0.1, 0.15) is 5.82 Å². The van der Waals surface area contributed by atoms with Crippen LogP contribution in [-0.4, -0.2) is 33.9 Å². The Morgan fingerprint density at radius 3 is 2.53 bits per heavy atom. The fourth-order valence-electron chi connectivity index (χ4n) is 1.90. The second kappa shape index (κ2) is 4.94. The number of rotatable bonds is 3. The summed E-state index contributed by atoms with van der Waals surface area (Å²) in [6, 6.07) is 0. The third kappa shape index (κ3) is 3.02. The fraction of sp³-hybridized carbons (Fsp3) is 0.600. The molecule has 17 heavy (non-hydrogen) atoms. The van der Waals surface area contributed by atoms with Crippen molar-refractivity contribution in [1.82, 2.24) is 15.0 Å². The van der Waals surface area contributed by atoms with Gasteiger partial charge in [-0.25, -0.2) is 0 Å². The smallest absolute Gasteiger partial charge is 0.230 e. The zero-order valence-corrected chi connectivity index (χ0v) is 9.59. The summed E-state index contributed by atoms with van der Waals surface area (Å²) >= 11 is 0. The molecule has 7 nitrogen and oxygen atoms in total. The largest absolute Gasteiger partial charge is 0.369 e. The number of carbonyl (C=O) groups excluding carboxylic acids is 1. The number of hydrogen-bond acceptors (Lipinski definition) is 6. The summed E-state index contributed by atoms with van der Waals surface area (Å²) in [5.41, 5.74) is 10.7. The van der Waals surface area contributed by atoms with Gasteiger partial charge in [-0.2, -0.15) is 15.0 Å². The Bertz CT molecular complexity index is 415. The second-order valence-electron chi connectivity index (χ2n) is 4.10. The molecule has 2 rings (SSSR count). The number of anilines is 2. The summed E-state index contributed by atoms with van der Waals surface area (Å²) in [7, 11) is 0. The maximum atomic E-state index is 10.8. The van der Waals surface area contributed by atoms with Crippen LogP contribution in [-0.2, 0) is 11.2 Å². The highest BCUT2D eigenvalue weighted by molar-refractivity contribution is 5.75. The van der Waals surface area contributed by atoms with Gasteiger partial charge >= 0.3 is 0 Å². The summed E-state index contributed by atoms with van der Waals surface area (Å²) in [4.78, 5) is 25.1. The molecule has 0 saturated carbocycles. The SMILES string of the molecule is NC(=O)Cc1nc(N)nc(N2CCCCC2)n1. The Morgan fingerprint density at radius 2 is 1.88 bits per heavy atom. The molecule has 1 fully saturated rings. The lowest BCUT2D eigenvalue weighted by Gasteiger charge is -2.26. The molecule has 0 aliphatic carbocycles. The summed E-state index contributed by atoms with van der Waals surface area (Å²) in [5.74, 6) is 0.552. The molecular weight excluding hydrogens is 220 g/mol. The molecule has 1 aromatic heterocycles. The monoisotopic (exact) mass is 236 g/mol. The van der Waals surface area contributed by atoms with Gasteiger partial charge in [0, 0.05) is 13.1 Å². The van der Waals surface area contributed by atoms with Crippen LogP contribution in [0, 0.1) is 0 Å². The molecule has 0 unspecified atom stereocenters. The molecule has 1 saturated heterocycles. The minimum atomic E-state index is -0.472. The number of amides is 1. The maximum absolute atomic E-state index is 10.8. The Kier molecular flexibility index (Phi) is 3.36. The summed E-state index contributed by atoms with van der Waals surface area (Å²) < 4.78 is 0. The highest BCUT2D eigenvalue weighted by Crippen LogP contribution is 2.16. The lowest BCUT2D eigenvalue weighted by Crippen LogP contribution is -2.32. The van der Waals surface area contributed by atoms with Crippen molar-refractivity contribution in [3.05, 3.63) is 5.82 Å². The number of hydrogen-bond donors (Lipinski definition) is 2. The van der Waals surface area contributed by atoms with Crippen molar-refractivity contribution in [1.29, 1.82) is 0 Å². The van der Waals surface area contributed by atoms with Gasteiger partial charge in [-0.15, -0.1) is 0 Å². The first-order valence-corrected chi connectivity index (χ1v) is 5.69. The zero-order chi connectivity index (χ0) is 12.3. The van der Waals surface area contributed by atoms with Gasteiger partial charge < -0.3 is 16.4 Å². The predicted molar refractivity (Wildman–Crippen MR) is 63.2 cm³/mol. The van der Waals surface area contributed by atoms with Gasteiger partial charge in [-0.3, -0.25) is 4.79 Å². The molecular formula is C10H16N6O. The van der Waals surface area contributed by atoms with E-state index in [1.165, 1.54) is 6.42 Å². The van der Waals surface area contributed by atoms with E-state index < -0.39 is 5.91 Å². The first-order chi connectivity index (χ1) is 8.15. The summed E-state index contributed by atoms with van der Waals surface area (Å²) in [6.07, 6.45) is 3.46. The molecule has 7 heteroatoms. The maximum Gasteiger partial charge on any atom is 0.230 e. The van der Waals surface area contributed by atoms with Crippen LogP contribution in [0.15, 0.2) is 0 Å². The number of carbonyl (C=O) groups is 1. The van der Waals surface area contributed by atoms with Crippen molar-refractivity contribution < 1.29 is 4.79 Å². The predicted octanol–water partition coefficient (Wildman–Crippen LogP) is -0.528. The molecule has 1 aliphatic heterocycles. The topological polar surface area (TPSA) is 111 Å². The van der Waals surface area contributed by atoms with Crippen molar-refractivity contribution >= 4 is 17.8 Å². The van der Waals surface area contributed by atoms with E-state index >= 15 is 0 Å². The first-order valence-electron chi connectivity index (χ1n) is 5.69. The molecule has 0 aromatic carbocycles. The van der Waals surface area contributed by atoms with E-state index in [0.717, 1.165) is 25.9 Å². The lowest BCUT2D eigenvalue weighted by atomic mass is 10.1.